The van der Waals surface area contributed by atoms with E-state index in [1.165, 1.54) is 0 Å². The molecule has 0 aliphatic carbocycles. The molecule has 1 aromatic rings. The molecule has 7 heteroatoms. The number of fused-ring (bicyclic) bond motifs is 2. The summed E-state index contributed by atoms with van der Waals surface area (Å²) < 4.78 is 1.65. The molecule has 0 saturated carbocycles. The zero-order valence-electron chi connectivity index (χ0n) is 11.2. The van der Waals surface area contributed by atoms with Crippen LogP contribution in [0.3, 0.4) is 0 Å². The van der Waals surface area contributed by atoms with Crippen molar-refractivity contribution in [3.63, 3.8) is 0 Å². The second-order valence-electron chi connectivity index (χ2n) is 5.66. The van der Waals surface area contributed by atoms with Gasteiger partial charge in [-0.15, -0.1) is 0 Å². The summed E-state index contributed by atoms with van der Waals surface area (Å²) in [6.07, 6.45) is 3.97. The van der Waals surface area contributed by atoms with Crippen LogP contribution >= 0.6 is 0 Å². The Bertz CT molecular complexity index is 512. The first-order valence-electron chi connectivity index (χ1n) is 6.71. The Morgan fingerprint density at radius 2 is 1.95 bits per heavy atom. The van der Waals surface area contributed by atoms with Crippen LogP contribution in [0, 0.1) is 17.0 Å². The van der Waals surface area contributed by atoms with Crippen LogP contribution in [0.25, 0.3) is 0 Å². The molecule has 3 rings (SSSR count). The molecule has 0 spiro atoms. The predicted molar refractivity (Wildman–Crippen MR) is 71.1 cm³/mol. The minimum absolute atomic E-state index is 0.148. The van der Waals surface area contributed by atoms with E-state index in [4.69, 9.17) is 5.73 Å². The summed E-state index contributed by atoms with van der Waals surface area (Å²) in [5.41, 5.74) is 6.69. The summed E-state index contributed by atoms with van der Waals surface area (Å²) in [5, 5.41) is 15.5. The lowest BCUT2D eigenvalue weighted by molar-refractivity contribution is -0.384. The van der Waals surface area contributed by atoms with E-state index < -0.39 is 0 Å². The number of hydrogen-bond donors (Lipinski definition) is 1. The van der Waals surface area contributed by atoms with E-state index in [0.29, 0.717) is 23.6 Å². The van der Waals surface area contributed by atoms with E-state index >= 15 is 0 Å². The highest BCUT2D eigenvalue weighted by Crippen LogP contribution is 2.43. The minimum Gasteiger partial charge on any atom is -0.345 e. The average molecular weight is 265 g/mol. The molecule has 2 saturated heterocycles. The van der Waals surface area contributed by atoms with Crippen molar-refractivity contribution in [3.05, 3.63) is 15.8 Å². The molecular weight excluding hydrogens is 246 g/mol. The van der Waals surface area contributed by atoms with Crippen molar-refractivity contribution in [2.75, 3.05) is 4.90 Å². The Labute approximate surface area is 111 Å². The lowest BCUT2D eigenvalue weighted by Gasteiger charge is -2.38. The lowest BCUT2D eigenvalue weighted by Crippen LogP contribution is -2.48. The van der Waals surface area contributed by atoms with Gasteiger partial charge in [-0.2, -0.15) is 5.10 Å². The Hall–Kier alpha value is -1.63. The van der Waals surface area contributed by atoms with E-state index in [9.17, 15) is 10.1 Å². The minimum atomic E-state index is -0.314. The number of nitrogens with zero attached hydrogens (tertiary/aromatic N) is 4. The Balaban J connectivity index is 2.06. The fraction of sp³-hybridized carbons (Fsp3) is 0.750. The monoisotopic (exact) mass is 265 g/mol. The van der Waals surface area contributed by atoms with Crippen molar-refractivity contribution in [2.24, 2.45) is 12.8 Å². The van der Waals surface area contributed by atoms with Crippen LogP contribution in [-0.4, -0.2) is 32.8 Å². The lowest BCUT2D eigenvalue weighted by atomic mass is 9.98. The summed E-state index contributed by atoms with van der Waals surface area (Å²) in [4.78, 5) is 13.2. The van der Waals surface area contributed by atoms with E-state index in [1.807, 2.05) is 0 Å². The maximum Gasteiger partial charge on any atom is 0.333 e. The maximum atomic E-state index is 11.3. The smallest absolute Gasteiger partial charge is 0.333 e. The van der Waals surface area contributed by atoms with Gasteiger partial charge in [-0.25, -0.2) is 4.68 Å². The third-order valence-corrected chi connectivity index (χ3v) is 4.36. The first kappa shape index (κ1) is 12.4. The Morgan fingerprint density at radius 1 is 1.37 bits per heavy atom. The molecule has 2 atom stereocenters. The van der Waals surface area contributed by atoms with Gasteiger partial charge in [0, 0.05) is 25.2 Å². The van der Waals surface area contributed by atoms with Crippen LogP contribution in [0.1, 0.15) is 31.4 Å². The molecule has 2 N–H and O–H groups in total. The van der Waals surface area contributed by atoms with E-state index in [-0.39, 0.29) is 16.7 Å². The van der Waals surface area contributed by atoms with E-state index in [0.717, 1.165) is 25.7 Å². The van der Waals surface area contributed by atoms with Crippen LogP contribution in [0.2, 0.25) is 0 Å². The molecule has 7 nitrogen and oxygen atoms in total. The number of aromatic nitrogens is 2. The highest BCUT2D eigenvalue weighted by Gasteiger charge is 2.44. The number of aryl methyl sites for hydroxylation is 2. The number of nitrogens with two attached hydrogens (primary N) is 1. The fourth-order valence-electron chi connectivity index (χ4n) is 3.70. The van der Waals surface area contributed by atoms with E-state index in [1.54, 1.807) is 18.7 Å². The molecule has 2 aliphatic rings. The number of hydrogen-bond acceptors (Lipinski definition) is 5. The van der Waals surface area contributed by atoms with Gasteiger partial charge in [0.1, 0.15) is 5.69 Å². The topological polar surface area (TPSA) is 90.2 Å². The third kappa shape index (κ3) is 1.80. The summed E-state index contributed by atoms with van der Waals surface area (Å²) in [6, 6.07) is 0.867. The quantitative estimate of drug-likeness (QED) is 0.638. The molecule has 3 heterocycles. The standard InChI is InChI=1S/C12H19N5O2/c1-7-11(17(18)19)12(15(2)14-7)16-9-3-4-10(16)6-8(13)5-9/h8-10H,3-6,13H2,1-2H3. The highest BCUT2D eigenvalue weighted by atomic mass is 16.6. The van der Waals surface area contributed by atoms with E-state index in [2.05, 4.69) is 10.00 Å². The molecule has 0 amide bonds. The van der Waals surface area contributed by atoms with Gasteiger partial charge in [0.25, 0.3) is 0 Å². The van der Waals surface area contributed by atoms with Gasteiger partial charge >= 0.3 is 5.69 Å². The van der Waals surface area contributed by atoms with Crippen LogP contribution in [0.15, 0.2) is 0 Å². The molecule has 2 unspecified atom stereocenters. The van der Waals surface area contributed by atoms with Gasteiger partial charge in [-0.1, -0.05) is 0 Å². The third-order valence-electron chi connectivity index (χ3n) is 4.36. The summed E-state index contributed by atoms with van der Waals surface area (Å²) in [7, 11) is 1.78. The summed E-state index contributed by atoms with van der Waals surface area (Å²) in [6.45, 7) is 1.69. The van der Waals surface area contributed by atoms with Crippen molar-refractivity contribution in [1.82, 2.24) is 9.78 Å². The van der Waals surface area contributed by atoms with Gasteiger partial charge < -0.3 is 10.6 Å². The average Bonchev–Trinajstić information content (AvgIpc) is 2.73. The first-order chi connectivity index (χ1) is 8.99. The maximum absolute atomic E-state index is 11.3. The number of piperidine rings is 1. The van der Waals surface area contributed by atoms with Gasteiger partial charge in [-0.3, -0.25) is 10.1 Å². The van der Waals surface area contributed by atoms with Crippen molar-refractivity contribution < 1.29 is 4.92 Å². The number of rotatable bonds is 2. The molecule has 19 heavy (non-hydrogen) atoms. The zero-order valence-corrected chi connectivity index (χ0v) is 11.2. The highest BCUT2D eigenvalue weighted by molar-refractivity contribution is 5.63. The molecule has 2 fully saturated rings. The number of nitro groups is 1. The van der Waals surface area contributed by atoms with Crippen LogP contribution in [0.4, 0.5) is 11.5 Å². The summed E-state index contributed by atoms with van der Waals surface area (Å²) in [5.74, 6) is 0.655. The van der Waals surface area contributed by atoms with Crippen molar-refractivity contribution in [2.45, 2.75) is 50.7 Å². The Kier molecular flexibility index (Phi) is 2.74. The second kappa shape index (κ2) is 4.19. The molecule has 0 radical (unpaired) electrons. The second-order valence-corrected chi connectivity index (χ2v) is 5.66. The molecule has 2 bridgehead atoms. The molecule has 104 valence electrons. The van der Waals surface area contributed by atoms with Gasteiger partial charge in [-0.05, 0) is 32.6 Å². The largest absolute Gasteiger partial charge is 0.345 e. The normalized spacial score (nSPS) is 29.8. The Morgan fingerprint density at radius 3 is 2.47 bits per heavy atom. The van der Waals surface area contributed by atoms with Crippen LogP contribution < -0.4 is 10.6 Å². The SMILES string of the molecule is Cc1nn(C)c(N2C3CCC2CC(N)C3)c1[N+](=O)[O-]. The zero-order chi connectivity index (χ0) is 13.7. The van der Waals surface area contributed by atoms with Crippen LogP contribution in [-0.2, 0) is 7.05 Å². The molecule has 2 aliphatic heterocycles. The first-order valence-corrected chi connectivity index (χ1v) is 6.71. The summed E-state index contributed by atoms with van der Waals surface area (Å²) >= 11 is 0. The predicted octanol–water partition coefficient (Wildman–Crippen LogP) is 1.10. The molecule has 0 aromatic carbocycles. The van der Waals surface area contributed by atoms with Gasteiger partial charge in [0.05, 0.1) is 4.92 Å². The fourth-order valence-corrected chi connectivity index (χ4v) is 3.70. The van der Waals surface area contributed by atoms with Crippen molar-refractivity contribution in [1.29, 1.82) is 0 Å². The molecule has 1 aromatic heterocycles. The van der Waals surface area contributed by atoms with Crippen molar-refractivity contribution >= 4 is 11.5 Å². The van der Waals surface area contributed by atoms with Crippen molar-refractivity contribution in [3.8, 4) is 0 Å². The van der Waals surface area contributed by atoms with Gasteiger partial charge in [0.15, 0.2) is 0 Å². The molecular formula is C12H19N5O2. The number of anilines is 1. The van der Waals surface area contributed by atoms with Gasteiger partial charge in [0.2, 0.25) is 5.82 Å². The van der Waals surface area contributed by atoms with Crippen LogP contribution in [0.5, 0.6) is 0 Å².